The van der Waals surface area contributed by atoms with Crippen LogP contribution >= 0.6 is 0 Å². The summed E-state index contributed by atoms with van der Waals surface area (Å²) >= 11 is 0. The van der Waals surface area contributed by atoms with Crippen LogP contribution in [0.15, 0.2) is 79.9 Å². The molecule has 0 amide bonds. The normalized spacial score (nSPS) is 13.9. The van der Waals surface area contributed by atoms with Gasteiger partial charge in [-0.15, -0.1) is 13.2 Å². The molecular weight excluding hydrogens is 378 g/mol. The first-order valence-corrected chi connectivity index (χ1v) is 10.2. The van der Waals surface area contributed by atoms with Crippen molar-refractivity contribution >= 4 is 0 Å². The fraction of sp³-hybridized carbons (Fsp3) is 0.360. The fourth-order valence-corrected chi connectivity index (χ4v) is 2.94. The monoisotopic (exact) mass is 411 g/mol. The van der Waals surface area contributed by atoms with Gasteiger partial charge in [0.15, 0.2) is 0 Å². The van der Waals surface area contributed by atoms with Gasteiger partial charge in [0.25, 0.3) is 0 Å². The van der Waals surface area contributed by atoms with Gasteiger partial charge in [-0.25, -0.2) is 0 Å². The Hall–Kier alpha value is -2.44. The van der Waals surface area contributed by atoms with Crippen molar-refractivity contribution < 1.29 is 19.3 Å². The van der Waals surface area contributed by atoms with Crippen molar-refractivity contribution in [2.24, 2.45) is 0 Å². The van der Waals surface area contributed by atoms with Gasteiger partial charge in [0.1, 0.15) is 5.75 Å². The summed E-state index contributed by atoms with van der Waals surface area (Å²) in [5.74, 6) is 0.818. The lowest BCUT2D eigenvalue weighted by Crippen LogP contribution is -2.45. The molecule has 0 fully saturated rings. The molecule has 5 nitrogen and oxygen atoms in total. The van der Waals surface area contributed by atoms with Crippen LogP contribution in [-0.4, -0.2) is 43.6 Å². The third kappa shape index (κ3) is 8.51. The largest absolute Gasteiger partial charge is 0.497 e. The summed E-state index contributed by atoms with van der Waals surface area (Å²) in [5.41, 5.74) is 2.18. The molecular formula is C25H33NO4. The highest BCUT2D eigenvalue weighted by atomic mass is 16.5. The van der Waals surface area contributed by atoms with Crippen molar-refractivity contribution in [1.82, 2.24) is 5.32 Å². The molecule has 0 aliphatic rings. The molecule has 162 valence electrons. The zero-order valence-electron chi connectivity index (χ0n) is 17.7. The Labute approximate surface area is 180 Å². The van der Waals surface area contributed by atoms with Crippen molar-refractivity contribution in [1.29, 1.82) is 0 Å². The molecule has 0 unspecified atom stereocenters. The number of methoxy groups -OCH3 is 1. The van der Waals surface area contributed by atoms with Gasteiger partial charge in [-0.05, 0) is 29.7 Å². The van der Waals surface area contributed by atoms with E-state index in [1.807, 2.05) is 54.6 Å². The lowest BCUT2D eigenvalue weighted by atomic mass is 10.1. The van der Waals surface area contributed by atoms with E-state index >= 15 is 0 Å². The van der Waals surface area contributed by atoms with Crippen LogP contribution in [-0.2, 0) is 22.7 Å². The van der Waals surface area contributed by atoms with Crippen LogP contribution in [0.4, 0.5) is 0 Å². The van der Waals surface area contributed by atoms with E-state index in [1.54, 1.807) is 19.3 Å². The van der Waals surface area contributed by atoms with Crippen molar-refractivity contribution in [3.63, 3.8) is 0 Å². The Balaban J connectivity index is 1.69. The maximum atomic E-state index is 10.5. The predicted octanol–water partition coefficient (Wildman–Crippen LogP) is 3.88. The zero-order valence-corrected chi connectivity index (χ0v) is 17.7. The molecule has 2 rings (SSSR count). The van der Waals surface area contributed by atoms with E-state index in [0.717, 1.165) is 16.9 Å². The molecule has 2 aromatic carbocycles. The summed E-state index contributed by atoms with van der Waals surface area (Å²) in [5, 5.41) is 13.8. The van der Waals surface area contributed by atoms with Crippen molar-refractivity contribution in [3.8, 4) is 5.75 Å². The fourth-order valence-electron chi connectivity index (χ4n) is 2.94. The third-order valence-corrected chi connectivity index (χ3v) is 4.75. The molecule has 0 aromatic heterocycles. The van der Waals surface area contributed by atoms with E-state index in [4.69, 9.17) is 14.2 Å². The molecule has 0 heterocycles. The number of nitrogens with one attached hydrogen (secondary N) is 1. The minimum atomic E-state index is -0.616. The standard InChI is InChI=1S/C25H33NO4/c1-4-22(19-30-18-20-9-7-6-8-10-20)26-24(5-2)25(27)15-16-29-17-21-11-13-23(28-3)14-12-21/h4-14,22,24-27H,1-2,15-19H2,3H3/t22-,24-,25+/m0/s1. The Morgan fingerprint density at radius 2 is 1.60 bits per heavy atom. The van der Waals surface area contributed by atoms with Gasteiger partial charge in [-0.1, -0.05) is 54.6 Å². The van der Waals surface area contributed by atoms with Crippen LogP contribution in [0.1, 0.15) is 17.5 Å². The van der Waals surface area contributed by atoms with Gasteiger partial charge in [-0.2, -0.15) is 0 Å². The van der Waals surface area contributed by atoms with Crippen LogP contribution in [0.3, 0.4) is 0 Å². The van der Waals surface area contributed by atoms with E-state index in [2.05, 4.69) is 18.5 Å². The summed E-state index contributed by atoms with van der Waals surface area (Å²) in [6, 6.07) is 17.4. The molecule has 0 saturated heterocycles. The van der Waals surface area contributed by atoms with Gasteiger partial charge in [0.2, 0.25) is 0 Å². The molecule has 30 heavy (non-hydrogen) atoms. The molecule has 2 aromatic rings. The Bertz CT molecular complexity index is 733. The minimum absolute atomic E-state index is 0.0911. The number of ether oxygens (including phenoxy) is 3. The second-order valence-electron chi connectivity index (χ2n) is 7.03. The number of hydrogen-bond donors (Lipinski definition) is 2. The van der Waals surface area contributed by atoms with E-state index in [0.29, 0.717) is 32.8 Å². The molecule has 0 aliphatic heterocycles. The average molecular weight is 412 g/mol. The van der Waals surface area contributed by atoms with Crippen LogP contribution in [0, 0.1) is 0 Å². The number of benzene rings is 2. The van der Waals surface area contributed by atoms with Crippen LogP contribution in [0.5, 0.6) is 5.75 Å². The Kier molecular flexibility index (Phi) is 10.9. The van der Waals surface area contributed by atoms with Gasteiger partial charge >= 0.3 is 0 Å². The van der Waals surface area contributed by atoms with E-state index in [1.165, 1.54) is 0 Å². The first kappa shape index (κ1) is 23.8. The van der Waals surface area contributed by atoms with Gasteiger partial charge in [0.05, 0.1) is 39.1 Å². The highest BCUT2D eigenvalue weighted by Crippen LogP contribution is 2.12. The summed E-state index contributed by atoms with van der Waals surface area (Å²) in [4.78, 5) is 0. The van der Waals surface area contributed by atoms with Gasteiger partial charge < -0.3 is 19.3 Å². The zero-order chi connectivity index (χ0) is 21.6. The summed E-state index contributed by atoms with van der Waals surface area (Å²) < 4.78 is 16.6. The van der Waals surface area contributed by atoms with Gasteiger partial charge in [-0.3, -0.25) is 5.32 Å². The SMILES string of the molecule is C=C[C@H](N[C@@H](C=C)COCc1ccccc1)[C@H](O)CCOCc1ccc(OC)cc1. The molecule has 3 atom stereocenters. The van der Waals surface area contributed by atoms with Crippen molar-refractivity contribution in [2.45, 2.75) is 37.8 Å². The molecule has 0 aliphatic carbocycles. The second kappa shape index (κ2) is 13.7. The average Bonchev–Trinajstić information content (AvgIpc) is 2.80. The molecule has 2 N–H and O–H groups in total. The first-order valence-electron chi connectivity index (χ1n) is 10.2. The maximum absolute atomic E-state index is 10.5. The number of hydrogen-bond acceptors (Lipinski definition) is 5. The summed E-state index contributed by atoms with van der Waals surface area (Å²) in [7, 11) is 1.64. The van der Waals surface area contributed by atoms with Crippen LogP contribution in [0.25, 0.3) is 0 Å². The lowest BCUT2D eigenvalue weighted by molar-refractivity contribution is 0.0565. The van der Waals surface area contributed by atoms with Crippen LogP contribution in [0.2, 0.25) is 0 Å². The van der Waals surface area contributed by atoms with Crippen LogP contribution < -0.4 is 10.1 Å². The minimum Gasteiger partial charge on any atom is -0.497 e. The van der Waals surface area contributed by atoms with Gasteiger partial charge in [0, 0.05) is 12.6 Å². The van der Waals surface area contributed by atoms with Crippen molar-refractivity contribution in [2.75, 3.05) is 20.3 Å². The van der Waals surface area contributed by atoms with Crippen molar-refractivity contribution in [3.05, 3.63) is 91.0 Å². The molecule has 0 bridgehead atoms. The molecule has 0 radical (unpaired) electrons. The molecule has 0 saturated carbocycles. The molecule has 5 heteroatoms. The number of rotatable bonds is 15. The number of aliphatic hydroxyl groups excluding tert-OH is 1. The van der Waals surface area contributed by atoms with E-state index < -0.39 is 6.10 Å². The Morgan fingerprint density at radius 1 is 0.933 bits per heavy atom. The highest BCUT2D eigenvalue weighted by Gasteiger charge is 2.18. The lowest BCUT2D eigenvalue weighted by Gasteiger charge is -2.25. The maximum Gasteiger partial charge on any atom is 0.118 e. The van der Waals surface area contributed by atoms with E-state index in [9.17, 15) is 5.11 Å². The summed E-state index contributed by atoms with van der Waals surface area (Å²) in [6.45, 7) is 9.64. The Morgan fingerprint density at radius 3 is 2.23 bits per heavy atom. The summed E-state index contributed by atoms with van der Waals surface area (Å²) in [6.07, 6.45) is 3.38. The smallest absolute Gasteiger partial charge is 0.118 e. The topological polar surface area (TPSA) is 60.0 Å². The predicted molar refractivity (Wildman–Crippen MR) is 120 cm³/mol. The second-order valence-corrected chi connectivity index (χ2v) is 7.03. The quantitative estimate of drug-likeness (QED) is 0.344. The molecule has 0 spiro atoms. The highest BCUT2D eigenvalue weighted by molar-refractivity contribution is 5.26. The first-order chi connectivity index (χ1) is 14.7. The van der Waals surface area contributed by atoms with E-state index in [-0.39, 0.29) is 12.1 Å². The third-order valence-electron chi connectivity index (χ3n) is 4.75. The number of aliphatic hydroxyl groups is 1.